The van der Waals surface area contributed by atoms with Crippen molar-refractivity contribution < 1.29 is 14.2 Å². The molecule has 0 amide bonds. The van der Waals surface area contributed by atoms with Crippen molar-refractivity contribution in [3.8, 4) is 0 Å². The highest BCUT2D eigenvalue weighted by Gasteiger charge is 2.16. The Kier molecular flexibility index (Phi) is 11.2. The molecule has 0 aliphatic carbocycles. The van der Waals surface area contributed by atoms with Gasteiger partial charge in [0.1, 0.15) is 0 Å². The number of hydrogen-bond donors (Lipinski definition) is 1. The van der Waals surface area contributed by atoms with Gasteiger partial charge in [-0.05, 0) is 25.9 Å². The summed E-state index contributed by atoms with van der Waals surface area (Å²) in [6.07, 6.45) is 3.76. The first-order chi connectivity index (χ1) is 9.86. The zero-order chi connectivity index (χ0) is 14.5. The van der Waals surface area contributed by atoms with Crippen LogP contribution in [0.25, 0.3) is 0 Å². The summed E-state index contributed by atoms with van der Waals surface area (Å²) in [5.41, 5.74) is 0. The second-order valence-corrected chi connectivity index (χ2v) is 5.31. The van der Waals surface area contributed by atoms with E-state index in [1.54, 1.807) is 7.11 Å². The van der Waals surface area contributed by atoms with Gasteiger partial charge in [-0.15, -0.1) is 0 Å². The lowest BCUT2D eigenvalue weighted by Gasteiger charge is -2.24. The van der Waals surface area contributed by atoms with Crippen LogP contribution in [0.4, 0.5) is 0 Å². The van der Waals surface area contributed by atoms with Crippen molar-refractivity contribution in [2.75, 3.05) is 66.3 Å². The van der Waals surface area contributed by atoms with Crippen LogP contribution in [0.2, 0.25) is 0 Å². The molecular weight excluding hydrogens is 256 g/mol. The highest BCUT2D eigenvalue weighted by atomic mass is 16.5. The Morgan fingerprint density at radius 1 is 1.10 bits per heavy atom. The fourth-order valence-electron chi connectivity index (χ4n) is 2.48. The number of ether oxygens (including phenoxy) is 3. The third-order valence-electron chi connectivity index (χ3n) is 3.56. The molecule has 1 heterocycles. The van der Waals surface area contributed by atoms with E-state index in [-0.39, 0.29) is 0 Å². The average molecular weight is 288 g/mol. The highest BCUT2D eigenvalue weighted by molar-refractivity contribution is 4.75. The maximum absolute atomic E-state index is 5.62. The smallest absolute Gasteiger partial charge is 0.0701 e. The Hall–Kier alpha value is -0.200. The number of rotatable bonds is 11. The van der Waals surface area contributed by atoms with Gasteiger partial charge < -0.3 is 19.5 Å². The van der Waals surface area contributed by atoms with E-state index in [0.717, 1.165) is 26.2 Å². The standard InChI is InChI=1S/C15H32N2O3/c1-3-5-15-14-17(7-4-6-16-15)8-9-19-12-13-20-11-10-18-2/h15-16H,3-14H2,1-2H3. The molecule has 1 aliphatic heterocycles. The molecule has 1 saturated heterocycles. The molecule has 1 N–H and O–H groups in total. The van der Waals surface area contributed by atoms with E-state index in [9.17, 15) is 0 Å². The third kappa shape index (κ3) is 8.87. The molecule has 1 atom stereocenters. The van der Waals surface area contributed by atoms with Crippen LogP contribution < -0.4 is 5.32 Å². The monoisotopic (exact) mass is 288 g/mol. The minimum atomic E-state index is 0.649. The number of hydrogen-bond acceptors (Lipinski definition) is 5. The molecule has 0 saturated carbocycles. The molecule has 5 nitrogen and oxygen atoms in total. The molecule has 1 unspecified atom stereocenters. The minimum absolute atomic E-state index is 0.649. The third-order valence-corrected chi connectivity index (χ3v) is 3.56. The fourth-order valence-corrected chi connectivity index (χ4v) is 2.48. The van der Waals surface area contributed by atoms with Crippen LogP contribution in [0.1, 0.15) is 26.2 Å². The Labute approximate surface area is 123 Å². The molecule has 0 aromatic heterocycles. The molecule has 0 bridgehead atoms. The van der Waals surface area contributed by atoms with Gasteiger partial charge in [0, 0.05) is 26.2 Å². The number of methoxy groups -OCH3 is 1. The molecular formula is C15H32N2O3. The van der Waals surface area contributed by atoms with Crippen molar-refractivity contribution in [1.82, 2.24) is 10.2 Å². The predicted octanol–water partition coefficient (Wildman–Crippen LogP) is 1.13. The van der Waals surface area contributed by atoms with Gasteiger partial charge in [0.15, 0.2) is 0 Å². The van der Waals surface area contributed by atoms with Crippen molar-refractivity contribution >= 4 is 0 Å². The van der Waals surface area contributed by atoms with Gasteiger partial charge in [0.05, 0.1) is 33.0 Å². The summed E-state index contributed by atoms with van der Waals surface area (Å²) in [7, 11) is 1.68. The summed E-state index contributed by atoms with van der Waals surface area (Å²) in [5.74, 6) is 0. The van der Waals surface area contributed by atoms with E-state index >= 15 is 0 Å². The van der Waals surface area contributed by atoms with Gasteiger partial charge >= 0.3 is 0 Å². The quantitative estimate of drug-likeness (QED) is 0.577. The SMILES string of the molecule is CCCC1CN(CCOCCOCCOC)CCCN1. The van der Waals surface area contributed by atoms with Gasteiger partial charge in [0.25, 0.3) is 0 Å². The Morgan fingerprint density at radius 3 is 2.60 bits per heavy atom. The molecule has 1 rings (SSSR count). The summed E-state index contributed by atoms with van der Waals surface area (Å²) in [5, 5.41) is 3.63. The van der Waals surface area contributed by atoms with Crippen LogP contribution in [-0.2, 0) is 14.2 Å². The van der Waals surface area contributed by atoms with Gasteiger partial charge in [-0.1, -0.05) is 13.3 Å². The summed E-state index contributed by atoms with van der Waals surface area (Å²) in [6.45, 7) is 10.2. The van der Waals surface area contributed by atoms with Crippen LogP contribution in [0.15, 0.2) is 0 Å². The molecule has 20 heavy (non-hydrogen) atoms. The van der Waals surface area contributed by atoms with E-state index in [1.165, 1.54) is 25.8 Å². The van der Waals surface area contributed by atoms with Crippen LogP contribution >= 0.6 is 0 Å². The molecule has 0 spiro atoms. The van der Waals surface area contributed by atoms with Crippen molar-refractivity contribution in [3.05, 3.63) is 0 Å². The van der Waals surface area contributed by atoms with Crippen molar-refractivity contribution in [2.24, 2.45) is 0 Å². The highest BCUT2D eigenvalue weighted by Crippen LogP contribution is 2.05. The summed E-state index contributed by atoms with van der Waals surface area (Å²) < 4.78 is 15.9. The predicted molar refractivity (Wildman–Crippen MR) is 81.3 cm³/mol. The van der Waals surface area contributed by atoms with Gasteiger partial charge in [-0.2, -0.15) is 0 Å². The first kappa shape index (κ1) is 17.9. The van der Waals surface area contributed by atoms with E-state index in [1.807, 2.05) is 0 Å². The average Bonchev–Trinajstić information content (AvgIpc) is 2.67. The van der Waals surface area contributed by atoms with Crippen LogP contribution in [0, 0.1) is 0 Å². The molecule has 1 fully saturated rings. The van der Waals surface area contributed by atoms with Crippen molar-refractivity contribution in [3.63, 3.8) is 0 Å². The Bertz CT molecular complexity index is 217. The second kappa shape index (κ2) is 12.5. The molecule has 0 aromatic rings. The zero-order valence-corrected chi connectivity index (χ0v) is 13.2. The van der Waals surface area contributed by atoms with Crippen molar-refractivity contribution in [1.29, 1.82) is 0 Å². The second-order valence-electron chi connectivity index (χ2n) is 5.31. The normalized spacial score (nSPS) is 21.0. The van der Waals surface area contributed by atoms with Crippen LogP contribution in [0.3, 0.4) is 0 Å². The minimum Gasteiger partial charge on any atom is -0.382 e. The molecule has 120 valence electrons. The largest absolute Gasteiger partial charge is 0.382 e. The molecule has 0 radical (unpaired) electrons. The zero-order valence-electron chi connectivity index (χ0n) is 13.2. The lowest BCUT2D eigenvalue weighted by atomic mass is 10.1. The van der Waals surface area contributed by atoms with E-state index < -0.39 is 0 Å². The number of nitrogens with one attached hydrogen (secondary N) is 1. The summed E-state index contributed by atoms with van der Waals surface area (Å²) in [6, 6.07) is 0.653. The van der Waals surface area contributed by atoms with E-state index in [4.69, 9.17) is 14.2 Å². The van der Waals surface area contributed by atoms with Gasteiger partial charge in [0.2, 0.25) is 0 Å². The van der Waals surface area contributed by atoms with E-state index in [0.29, 0.717) is 32.5 Å². The Balaban J connectivity index is 1.99. The first-order valence-electron chi connectivity index (χ1n) is 7.97. The Morgan fingerprint density at radius 2 is 1.85 bits per heavy atom. The summed E-state index contributed by atoms with van der Waals surface area (Å²) >= 11 is 0. The van der Waals surface area contributed by atoms with Crippen LogP contribution in [0.5, 0.6) is 0 Å². The molecule has 5 heteroatoms. The van der Waals surface area contributed by atoms with Gasteiger partial charge in [-0.25, -0.2) is 0 Å². The molecule has 0 aromatic carbocycles. The lowest BCUT2D eigenvalue weighted by Crippen LogP contribution is -2.38. The first-order valence-corrected chi connectivity index (χ1v) is 7.97. The number of nitrogens with zero attached hydrogens (tertiary/aromatic N) is 1. The van der Waals surface area contributed by atoms with E-state index in [2.05, 4.69) is 17.1 Å². The summed E-state index contributed by atoms with van der Waals surface area (Å²) in [4.78, 5) is 2.52. The maximum atomic E-state index is 5.62. The maximum Gasteiger partial charge on any atom is 0.0701 e. The van der Waals surface area contributed by atoms with Gasteiger partial charge in [-0.3, -0.25) is 4.90 Å². The topological polar surface area (TPSA) is 43.0 Å². The lowest BCUT2D eigenvalue weighted by molar-refractivity contribution is 0.0194. The van der Waals surface area contributed by atoms with Crippen LogP contribution in [-0.4, -0.2) is 77.3 Å². The molecule has 1 aliphatic rings. The fraction of sp³-hybridized carbons (Fsp3) is 1.00. The van der Waals surface area contributed by atoms with Crippen molar-refractivity contribution in [2.45, 2.75) is 32.2 Å².